The fourth-order valence-electron chi connectivity index (χ4n) is 1.66. The van der Waals surface area contributed by atoms with Gasteiger partial charge in [-0.3, -0.25) is 4.90 Å². The van der Waals surface area contributed by atoms with Gasteiger partial charge < -0.3 is 5.32 Å². The van der Waals surface area contributed by atoms with Gasteiger partial charge in [-0.15, -0.1) is 11.3 Å². The SMILES string of the molecule is CCCN1CC(Nc2nc(Cl)cs2)C1. The van der Waals surface area contributed by atoms with E-state index >= 15 is 0 Å². The normalized spacial score (nSPS) is 18.1. The Bertz CT molecular complexity index is 296. The van der Waals surface area contributed by atoms with Gasteiger partial charge in [0.1, 0.15) is 5.15 Å². The minimum absolute atomic E-state index is 0.559. The summed E-state index contributed by atoms with van der Waals surface area (Å²) in [6, 6.07) is 0.559. The number of rotatable bonds is 4. The van der Waals surface area contributed by atoms with Crippen molar-refractivity contribution in [2.24, 2.45) is 0 Å². The van der Waals surface area contributed by atoms with Crippen molar-refractivity contribution in [2.45, 2.75) is 19.4 Å². The maximum Gasteiger partial charge on any atom is 0.184 e. The Balaban J connectivity index is 1.74. The third-order valence-corrected chi connectivity index (χ3v) is 3.40. The van der Waals surface area contributed by atoms with Gasteiger partial charge >= 0.3 is 0 Å². The van der Waals surface area contributed by atoms with Crippen molar-refractivity contribution in [1.29, 1.82) is 0 Å². The average molecular weight is 232 g/mol. The molecule has 1 N–H and O–H groups in total. The molecule has 5 heteroatoms. The molecule has 0 radical (unpaired) electrons. The Morgan fingerprint density at radius 1 is 1.71 bits per heavy atom. The van der Waals surface area contributed by atoms with Gasteiger partial charge in [0.05, 0.1) is 6.04 Å². The first-order valence-electron chi connectivity index (χ1n) is 4.88. The predicted molar refractivity (Wildman–Crippen MR) is 61.3 cm³/mol. The van der Waals surface area contributed by atoms with Crippen molar-refractivity contribution in [3.05, 3.63) is 10.5 Å². The van der Waals surface area contributed by atoms with Crippen LogP contribution in [-0.2, 0) is 0 Å². The monoisotopic (exact) mass is 231 g/mol. The Labute approximate surface area is 93.1 Å². The fourth-order valence-corrected chi connectivity index (χ4v) is 2.57. The number of hydrogen-bond acceptors (Lipinski definition) is 4. The van der Waals surface area contributed by atoms with Crippen molar-refractivity contribution >= 4 is 28.1 Å². The quantitative estimate of drug-likeness (QED) is 0.862. The summed E-state index contributed by atoms with van der Waals surface area (Å²) in [5.41, 5.74) is 0. The van der Waals surface area contributed by atoms with E-state index in [0.29, 0.717) is 11.2 Å². The van der Waals surface area contributed by atoms with Crippen LogP contribution in [0.15, 0.2) is 5.38 Å². The van der Waals surface area contributed by atoms with Crippen LogP contribution in [-0.4, -0.2) is 35.6 Å². The highest BCUT2D eigenvalue weighted by Gasteiger charge is 2.25. The van der Waals surface area contributed by atoms with Gasteiger partial charge in [-0.25, -0.2) is 4.98 Å². The van der Waals surface area contributed by atoms with Crippen molar-refractivity contribution in [3.63, 3.8) is 0 Å². The topological polar surface area (TPSA) is 28.2 Å². The number of anilines is 1. The van der Waals surface area contributed by atoms with E-state index in [1.807, 2.05) is 5.38 Å². The Morgan fingerprint density at radius 2 is 2.50 bits per heavy atom. The summed E-state index contributed by atoms with van der Waals surface area (Å²) in [5, 5.41) is 6.75. The minimum atomic E-state index is 0.559. The second kappa shape index (κ2) is 4.47. The van der Waals surface area contributed by atoms with Crippen LogP contribution in [0, 0.1) is 0 Å². The summed E-state index contributed by atoms with van der Waals surface area (Å²) in [4.78, 5) is 6.60. The van der Waals surface area contributed by atoms with Gasteiger partial charge in [-0.2, -0.15) is 0 Å². The Morgan fingerprint density at radius 3 is 3.07 bits per heavy atom. The number of aromatic nitrogens is 1. The zero-order valence-electron chi connectivity index (χ0n) is 8.16. The van der Waals surface area contributed by atoms with Crippen molar-refractivity contribution in [3.8, 4) is 0 Å². The lowest BCUT2D eigenvalue weighted by molar-refractivity contribution is 0.162. The molecule has 1 saturated heterocycles. The number of nitrogens with zero attached hydrogens (tertiary/aromatic N) is 2. The zero-order chi connectivity index (χ0) is 9.97. The summed E-state index contributed by atoms with van der Waals surface area (Å²) in [6.07, 6.45) is 1.23. The second-order valence-corrected chi connectivity index (χ2v) is 4.82. The van der Waals surface area contributed by atoms with Crippen molar-refractivity contribution in [1.82, 2.24) is 9.88 Å². The molecule has 0 unspecified atom stereocenters. The molecule has 0 amide bonds. The zero-order valence-corrected chi connectivity index (χ0v) is 9.74. The number of hydrogen-bond donors (Lipinski definition) is 1. The van der Waals surface area contributed by atoms with E-state index in [0.717, 1.165) is 18.2 Å². The molecule has 0 aromatic carbocycles. The maximum absolute atomic E-state index is 5.73. The van der Waals surface area contributed by atoms with E-state index in [9.17, 15) is 0 Å². The van der Waals surface area contributed by atoms with Crippen LogP contribution in [0.25, 0.3) is 0 Å². The summed E-state index contributed by atoms with van der Waals surface area (Å²) in [7, 11) is 0. The van der Waals surface area contributed by atoms with Gasteiger partial charge in [-0.1, -0.05) is 18.5 Å². The number of nitrogens with one attached hydrogen (secondary N) is 1. The third-order valence-electron chi connectivity index (χ3n) is 2.30. The molecule has 1 aromatic heterocycles. The molecule has 3 nitrogen and oxygen atoms in total. The highest BCUT2D eigenvalue weighted by atomic mass is 35.5. The second-order valence-electron chi connectivity index (χ2n) is 3.58. The standard InChI is InChI=1S/C9H14ClN3S/c1-2-3-13-4-7(5-13)11-9-12-8(10)6-14-9/h6-7H,2-5H2,1H3,(H,11,12). The number of thiazole rings is 1. The van der Waals surface area contributed by atoms with Crippen molar-refractivity contribution < 1.29 is 0 Å². The molecule has 1 aliphatic rings. The number of likely N-dealkylation sites (tertiary alicyclic amines) is 1. The van der Waals surface area contributed by atoms with E-state index in [1.165, 1.54) is 13.0 Å². The van der Waals surface area contributed by atoms with Gasteiger partial charge in [-0.05, 0) is 13.0 Å². The maximum atomic E-state index is 5.73. The Hall–Kier alpha value is -0.320. The first-order valence-corrected chi connectivity index (χ1v) is 6.13. The van der Waals surface area contributed by atoms with Gasteiger partial charge in [0, 0.05) is 18.5 Å². The molecule has 78 valence electrons. The van der Waals surface area contributed by atoms with Crippen LogP contribution >= 0.6 is 22.9 Å². The lowest BCUT2D eigenvalue weighted by atomic mass is 10.1. The van der Waals surface area contributed by atoms with Crippen molar-refractivity contribution in [2.75, 3.05) is 25.0 Å². The predicted octanol–water partition coefficient (Wildman–Crippen LogP) is 2.30. The van der Waals surface area contributed by atoms with Gasteiger partial charge in [0.25, 0.3) is 0 Å². The molecule has 2 rings (SSSR count). The summed E-state index contributed by atoms with van der Waals surface area (Å²) >= 11 is 7.30. The molecule has 2 heterocycles. The van der Waals surface area contributed by atoms with Crippen LogP contribution in [0.2, 0.25) is 5.15 Å². The lowest BCUT2D eigenvalue weighted by Crippen LogP contribution is -2.54. The molecule has 0 saturated carbocycles. The van der Waals surface area contributed by atoms with E-state index in [-0.39, 0.29) is 0 Å². The fraction of sp³-hybridized carbons (Fsp3) is 0.667. The Kier molecular flexibility index (Phi) is 3.26. The van der Waals surface area contributed by atoms with E-state index in [1.54, 1.807) is 11.3 Å². The average Bonchev–Trinajstić information content (AvgIpc) is 2.48. The molecular formula is C9H14ClN3S. The van der Waals surface area contributed by atoms with Crippen LogP contribution in [0.1, 0.15) is 13.3 Å². The summed E-state index contributed by atoms with van der Waals surface area (Å²) in [6.45, 7) is 5.67. The number of halogens is 1. The van der Waals surface area contributed by atoms with E-state index < -0.39 is 0 Å². The summed E-state index contributed by atoms with van der Waals surface area (Å²) < 4.78 is 0. The van der Waals surface area contributed by atoms with Crippen LogP contribution in [0.5, 0.6) is 0 Å². The molecule has 0 spiro atoms. The third kappa shape index (κ3) is 2.38. The van der Waals surface area contributed by atoms with E-state index in [4.69, 9.17) is 11.6 Å². The molecular weight excluding hydrogens is 218 g/mol. The van der Waals surface area contributed by atoms with Crippen LogP contribution < -0.4 is 5.32 Å². The molecule has 0 atom stereocenters. The lowest BCUT2D eigenvalue weighted by Gasteiger charge is -2.39. The van der Waals surface area contributed by atoms with Gasteiger partial charge in [0.15, 0.2) is 5.13 Å². The minimum Gasteiger partial charge on any atom is -0.356 e. The highest BCUT2D eigenvalue weighted by molar-refractivity contribution is 7.14. The molecule has 0 aliphatic carbocycles. The molecule has 0 bridgehead atoms. The molecule has 14 heavy (non-hydrogen) atoms. The largest absolute Gasteiger partial charge is 0.356 e. The molecule has 1 aromatic rings. The van der Waals surface area contributed by atoms with Crippen LogP contribution in [0.3, 0.4) is 0 Å². The molecule has 1 fully saturated rings. The molecule has 1 aliphatic heterocycles. The summed E-state index contributed by atoms with van der Waals surface area (Å²) in [5.74, 6) is 0. The smallest absolute Gasteiger partial charge is 0.184 e. The van der Waals surface area contributed by atoms with Crippen LogP contribution in [0.4, 0.5) is 5.13 Å². The first kappa shape index (κ1) is 10.2. The highest BCUT2D eigenvalue weighted by Crippen LogP contribution is 2.21. The first-order chi connectivity index (χ1) is 6.78. The van der Waals surface area contributed by atoms with E-state index in [2.05, 4.69) is 22.1 Å². The van der Waals surface area contributed by atoms with Gasteiger partial charge in [0.2, 0.25) is 0 Å².